The first-order valence-electron chi connectivity index (χ1n) is 13.7. The van der Waals surface area contributed by atoms with Crippen LogP contribution in [-0.2, 0) is 4.79 Å². The lowest BCUT2D eigenvalue weighted by molar-refractivity contribution is -0.132. The van der Waals surface area contributed by atoms with E-state index in [1.807, 2.05) is 43.9 Å². The van der Waals surface area contributed by atoms with Crippen molar-refractivity contribution in [2.24, 2.45) is 0 Å². The number of amides is 2. The van der Waals surface area contributed by atoms with Crippen LogP contribution in [0, 0.1) is 13.8 Å². The highest BCUT2D eigenvalue weighted by Gasteiger charge is 2.27. The number of hydrogen-bond acceptors (Lipinski definition) is 7. The summed E-state index contributed by atoms with van der Waals surface area (Å²) in [5, 5.41) is 5.70. The summed E-state index contributed by atoms with van der Waals surface area (Å²) in [7, 11) is 1.58. The van der Waals surface area contributed by atoms with E-state index in [0.717, 1.165) is 34.7 Å². The Bertz CT molecular complexity index is 1310. The van der Waals surface area contributed by atoms with Crippen LogP contribution < -0.4 is 14.8 Å². The summed E-state index contributed by atoms with van der Waals surface area (Å²) in [4.78, 5) is 44.4. The number of carbonyl (C=O) groups is 3. The minimum absolute atomic E-state index is 0.00314. The SMILES string of the molecule is COc1ccc(C(=O)CCC(=O)N2CCC(c3nc(C(=O)NC(C)COc4c(C)cccc4C)cs3)CC2)cc1. The van der Waals surface area contributed by atoms with Gasteiger partial charge in [0, 0.05) is 42.8 Å². The van der Waals surface area contributed by atoms with Gasteiger partial charge in [-0.2, -0.15) is 0 Å². The maximum absolute atomic E-state index is 12.8. The van der Waals surface area contributed by atoms with E-state index in [1.54, 1.807) is 36.8 Å². The molecule has 40 heavy (non-hydrogen) atoms. The van der Waals surface area contributed by atoms with Crippen LogP contribution in [0.25, 0.3) is 0 Å². The number of para-hydroxylation sites is 1. The van der Waals surface area contributed by atoms with Crippen LogP contribution in [-0.4, -0.2) is 60.3 Å². The van der Waals surface area contributed by atoms with Crippen molar-refractivity contribution in [2.45, 2.75) is 58.4 Å². The molecule has 9 heteroatoms. The van der Waals surface area contributed by atoms with Gasteiger partial charge in [-0.05, 0) is 69.0 Å². The number of nitrogens with zero attached hydrogens (tertiary/aromatic N) is 2. The fourth-order valence-corrected chi connectivity index (χ4v) is 5.80. The fraction of sp³-hybridized carbons (Fsp3) is 0.419. The number of thiazole rings is 1. The monoisotopic (exact) mass is 563 g/mol. The molecule has 0 radical (unpaired) electrons. The smallest absolute Gasteiger partial charge is 0.271 e. The second-order valence-electron chi connectivity index (χ2n) is 10.3. The summed E-state index contributed by atoms with van der Waals surface area (Å²) in [6, 6.07) is 12.8. The van der Waals surface area contributed by atoms with E-state index in [4.69, 9.17) is 9.47 Å². The number of aromatic nitrogens is 1. The van der Waals surface area contributed by atoms with Crippen LogP contribution in [0.2, 0.25) is 0 Å². The fourth-order valence-electron chi connectivity index (χ4n) is 4.83. The van der Waals surface area contributed by atoms with E-state index in [-0.39, 0.29) is 42.4 Å². The van der Waals surface area contributed by atoms with Gasteiger partial charge in [0.25, 0.3) is 5.91 Å². The Hall–Kier alpha value is -3.72. The summed E-state index contributed by atoms with van der Waals surface area (Å²) < 4.78 is 11.1. The molecule has 1 unspecified atom stereocenters. The lowest BCUT2D eigenvalue weighted by Crippen LogP contribution is -2.38. The zero-order chi connectivity index (χ0) is 28.6. The van der Waals surface area contributed by atoms with Gasteiger partial charge in [0.1, 0.15) is 23.8 Å². The van der Waals surface area contributed by atoms with Crippen molar-refractivity contribution in [3.8, 4) is 11.5 Å². The molecule has 2 amide bonds. The number of aryl methyl sites for hydroxylation is 2. The standard InChI is InChI=1S/C31H37N3O5S/c1-20-6-5-7-21(2)29(20)39-18-22(3)32-30(37)26-19-40-31(33-26)24-14-16-34(17-15-24)28(36)13-12-27(35)23-8-10-25(38-4)11-9-23/h5-11,19,22,24H,12-18H2,1-4H3,(H,32,37). The third-order valence-electron chi connectivity index (χ3n) is 7.19. The predicted octanol–water partition coefficient (Wildman–Crippen LogP) is 5.33. The Balaban J connectivity index is 1.20. The molecule has 0 saturated carbocycles. The van der Waals surface area contributed by atoms with Crippen molar-refractivity contribution in [3.05, 3.63) is 75.2 Å². The maximum atomic E-state index is 12.8. The number of methoxy groups -OCH3 is 1. The Morgan fingerprint density at radius 3 is 2.38 bits per heavy atom. The lowest BCUT2D eigenvalue weighted by Gasteiger charge is -2.31. The van der Waals surface area contributed by atoms with Crippen molar-refractivity contribution >= 4 is 28.9 Å². The third kappa shape index (κ3) is 7.47. The Morgan fingerprint density at radius 1 is 1.05 bits per heavy atom. The summed E-state index contributed by atoms with van der Waals surface area (Å²) in [6.45, 7) is 7.53. The van der Waals surface area contributed by atoms with Crippen LogP contribution >= 0.6 is 11.3 Å². The first-order chi connectivity index (χ1) is 19.2. The predicted molar refractivity (Wildman–Crippen MR) is 156 cm³/mol. The van der Waals surface area contributed by atoms with Crippen molar-refractivity contribution in [2.75, 3.05) is 26.8 Å². The number of ketones is 1. The van der Waals surface area contributed by atoms with Crippen LogP contribution in [0.3, 0.4) is 0 Å². The van der Waals surface area contributed by atoms with Gasteiger partial charge in [-0.25, -0.2) is 4.98 Å². The minimum Gasteiger partial charge on any atom is -0.497 e. The highest BCUT2D eigenvalue weighted by atomic mass is 32.1. The van der Waals surface area contributed by atoms with Gasteiger partial charge in [-0.3, -0.25) is 14.4 Å². The minimum atomic E-state index is -0.214. The average molecular weight is 564 g/mol. The summed E-state index contributed by atoms with van der Waals surface area (Å²) in [5.74, 6) is 1.49. The zero-order valence-corrected chi connectivity index (χ0v) is 24.4. The first kappa shape index (κ1) is 29.3. The lowest BCUT2D eigenvalue weighted by atomic mass is 9.97. The maximum Gasteiger partial charge on any atom is 0.271 e. The van der Waals surface area contributed by atoms with Gasteiger partial charge in [-0.1, -0.05) is 18.2 Å². The van der Waals surface area contributed by atoms with E-state index in [1.165, 1.54) is 11.3 Å². The molecule has 1 saturated heterocycles. The number of rotatable bonds is 11. The van der Waals surface area contributed by atoms with Gasteiger partial charge in [0.2, 0.25) is 5.91 Å². The molecule has 1 atom stereocenters. The molecular formula is C31H37N3O5S. The first-order valence-corrected chi connectivity index (χ1v) is 14.5. The van der Waals surface area contributed by atoms with Crippen LogP contribution in [0.4, 0.5) is 0 Å². The molecule has 1 N–H and O–H groups in total. The van der Waals surface area contributed by atoms with Crippen molar-refractivity contribution < 1.29 is 23.9 Å². The number of nitrogens with one attached hydrogen (secondary N) is 1. The molecule has 4 rings (SSSR count). The average Bonchev–Trinajstić information content (AvgIpc) is 3.46. The molecule has 1 aromatic heterocycles. The van der Waals surface area contributed by atoms with Gasteiger partial charge in [-0.15, -0.1) is 11.3 Å². The van der Waals surface area contributed by atoms with E-state index < -0.39 is 0 Å². The van der Waals surface area contributed by atoms with Crippen molar-refractivity contribution in [1.29, 1.82) is 0 Å². The van der Waals surface area contributed by atoms with Gasteiger partial charge in [0.05, 0.1) is 18.2 Å². The van der Waals surface area contributed by atoms with Crippen LogP contribution in [0.1, 0.15) is 75.5 Å². The molecule has 3 aromatic rings. The zero-order valence-electron chi connectivity index (χ0n) is 23.6. The van der Waals surface area contributed by atoms with E-state index in [2.05, 4.69) is 10.3 Å². The normalized spacial score (nSPS) is 14.4. The van der Waals surface area contributed by atoms with Gasteiger partial charge in [0.15, 0.2) is 5.78 Å². The number of ether oxygens (including phenoxy) is 2. The molecule has 1 aliphatic heterocycles. The van der Waals surface area contributed by atoms with Crippen molar-refractivity contribution in [1.82, 2.24) is 15.2 Å². The van der Waals surface area contributed by atoms with Gasteiger partial charge >= 0.3 is 0 Å². The molecule has 2 heterocycles. The van der Waals surface area contributed by atoms with E-state index in [0.29, 0.717) is 36.7 Å². The van der Waals surface area contributed by atoms with Gasteiger partial charge < -0.3 is 19.7 Å². The molecule has 0 spiro atoms. The van der Waals surface area contributed by atoms with E-state index in [9.17, 15) is 14.4 Å². The summed E-state index contributed by atoms with van der Waals surface area (Å²) in [6.07, 6.45) is 1.95. The van der Waals surface area contributed by atoms with Crippen LogP contribution in [0.15, 0.2) is 47.8 Å². The Labute approximate surface area is 239 Å². The molecule has 2 aromatic carbocycles. The van der Waals surface area contributed by atoms with Crippen LogP contribution in [0.5, 0.6) is 11.5 Å². The third-order valence-corrected chi connectivity index (χ3v) is 8.20. The highest BCUT2D eigenvalue weighted by Crippen LogP contribution is 2.31. The summed E-state index contributed by atoms with van der Waals surface area (Å²) >= 11 is 1.49. The number of benzene rings is 2. The number of piperidine rings is 1. The quantitative estimate of drug-likeness (QED) is 0.317. The Morgan fingerprint density at radius 2 is 1.73 bits per heavy atom. The molecule has 1 fully saturated rings. The number of carbonyl (C=O) groups excluding carboxylic acids is 3. The molecule has 8 nitrogen and oxygen atoms in total. The number of Topliss-reactive ketones (excluding diaryl/α,β-unsaturated/α-hetero) is 1. The molecule has 212 valence electrons. The van der Waals surface area contributed by atoms with E-state index >= 15 is 0 Å². The highest BCUT2D eigenvalue weighted by molar-refractivity contribution is 7.09. The molecular weight excluding hydrogens is 526 g/mol. The summed E-state index contributed by atoms with van der Waals surface area (Å²) in [5.41, 5.74) is 3.13. The second kappa shape index (κ2) is 13.6. The molecule has 0 bridgehead atoms. The molecule has 0 aliphatic carbocycles. The molecule has 1 aliphatic rings. The second-order valence-corrected chi connectivity index (χ2v) is 11.2. The number of likely N-dealkylation sites (tertiary alicyclic amines) is 1. The largest absolute Gasteiger partial charge is 0.497 e. The number of hydrogen-bond donors (Lipinski definition) is 1. The topological polar surface area (TPSA) is 97.8 Å². The van der Waals surface area contributed by atoms with Crippen molar-refractivity contribution in [3.63, 3.8) is 0 Å². The Kier molecular flexibility index (Phi) is 9.93.